The molecule has 0 spiro atoms. The molecule has 0 saturated carbocycles. The second-order valence-corrected chi connectivity index (χ2v) is 5.16. The van der Waals surface area contributed by atoms with E-state index in [1.165, 1.54) is 0 Å². The second-order valence-electron chi connectivity index (χ2n) is 5.16. The molecule has 1 unspecified atom stereocenters. The first-order valence-electron chi connectivity index (χ1n) is 6.41. The van der Waals surface area contributed by atoms with E-state index in [9.17, 15) is 9.59 Å². The smallest absolute Gasteiger partial charge is 0.288 e. The van der Waals surface area contributed by atoms with E-state index in [1.54, 1.807) is 4.90 Å². The average Bonchev–Trinajstić information content (AvgIpc) is 2.61. The molecule has 3 heteroatoms. The van der Waals surface area contributed by atoms with Crippen molar-refractivity contribution in [3.8, 4) is 0 Å². The number of carbonyl (C=O) groups excluding carboxylic acids is 2. The zero-order valence-corrected chi connectivity index (χ0v) is 11.0. The number of allylic oxidation sites excluding steroid dienone is 4. The van der Waals surface area contributed by atoms with Crippen LogP contribution in [0.3, 0.4) is 0 Å². The van der Waals surface area contributed by atoms with Crippen LogP contribution in [0.15, 0.2) is 42.1 Å². The molecule has 1 atom stereocenters. The van der Waals surface area contributed by atoms with Gasteiger partial charge in [-0.05, 0) is 49.6 Å². The lowest BCUT2D eigenvalue weighted by molar-refractivity contribution is -0.135. The molecule has 1 aliphatic heterocycles. The van der Waals surface area contributed by atoms with Crippen LogP contribution < -0.4 is 4.90 Å². The van der Waals surface area contributed by atoms with Gasteiger partial charge in [-0.25, -0.2) is 0 Å². The fourth-order valence-corrected chi connectivity index (χ4v) is 2.81. The Morgan fingerprint density at radius 3 is 2.47 bits per heavy atom. The number of benzene rings is 1. The summed E-state index contributed by atoms with van der Waals surface area (Å²) in [6, 6.07) is 5.94. The van der Waals surface area contributed by atoms with Crippen LogP contribution in [0.2, 0.25) is 0 Å². The largest absolute Gasteiger partial charge is 0.299 e. The Kier molecular flexibility index (Phi) is 2.63. The fourth-order valence-electron chi connectivity index (χ4n) is 2.81. The van der Waals surface area contributed by atoms with Crippen LogP contribution in [-0.4, -0.2) is 11.7 Å². The maximum absolute atomic E-state index is 12.2. The highest BCUT2D eigenvalue weighted by Gasteiger charge is 2.43. The van der Waals surface area contributed by atoms with Gasteiger partial charge < -0.3 is 0 Å². The number of rotatable bonds is 1. The molecule has 1 aromatic rings. The molecule has 1 aliphatic carbocycles. The van der Waals surface area contributed by atoms with E-state index in [-0.39, 0.29) is 11.7 Å². The summed E-state index contributed by atoms with van der Waals surface area (Å²) in [5.41, 5.74) is 3.78. The van der Waals surface area contributed by atoms with Crippen molar-refractivity contribution in [3.63, 3.8) is 0 Å². The molecule has 1 amide bonds. The zero-order valence-electron chi connectivity index (χ0n) is 11.0. The molecule has 0 bridgehead atoms. The van der Waals surface area contributed by atoms with Crippen LogP contribution in [0, 0.1) is 19.8 Å². The Labute approximate surface area is 112 Å². The Morgan fingerprint density at radius 2 is 1.79 bits per heavy atom. The lowest BCUT2D eigenvalue weighted by Gasteiger charge is -2.21. The van der Waals surface area contributed by atoms with Crippen LogP contribution in [0.25, 0.3) is 0 Å². The van der Waals surface area contributed by atoms with E-state index < -0.39 is 5.91 Å². The van der Waals surface area contributed by atoms with E-state index in [4.69, 9.17) is 0 Å². The highest BCUT2D eigenvalue weighted by molar-refractivity contribution is 6.46. The monoisotopic (exact) mass is 253 g/mol. The lowest BCUT2D eigenvalue weighted by Crippen LogP contribution is -2.26. The first kappa shape index (κ1) is 11.9. The van der Waals surface area contributed by atoms with E-state index >= 15 is 0 Å². The van der Waals surface area contributed by atoms with Gasteiger partial charge in [0, 0.05) is 11.4 Å². The quantitative estimate of drug-likeness (QED) is 0.722. The summed E-state index contributed by atoms with van der Waals surface area (Å²) in [5, 5.41) is 0. The summed E-state index contributed by atoms with van der Waals surface area (Å²) in [6.45, 7) is 3.98. The molecule has 0 aromatic heterocycles. The predicted octanol–water partition coefficient (Wildman–Crippen LogP) is 2.68. The van der Waals surface area contributed by atoms with Gasteiger partial charge in [-0.1, -0.05) is 18.2 Å². The van der Waals surface area contributed by atoms with Gasteiger partial charge in [-0.3, -0.25) is 14.5 Å². The van der Waals surface area contributed by atoms with Crippen molar-refractivity contribution in [2.45, 2.75) is 20.3 Å². The van der Waals surface area contributed by atoms with Crippen molar-refractivity contribution >= 4 is 17.4 Å². The molecule has 1 aromatic carbocycles. The molecule has 2 aliphatic rings. The van der Waals surface area contributed by atoms with Crippen molar-refractivity contribution < 1.29 is 9.59 Å². The zero-order chi connectivity index (χ0) is 13.6. The summed E-state index contributed by atoms with van der Waals surface area (Å²) in [5.74, 6) is -1.00. The molecule has 1 fully saturated rings. The SMILES string of the molecule is Cc1cc(C)cc(N2C(=O)C(=O)C3CC=CC=C32)c1. The third-order valence-corrected chi connectivity index (χ3v) is 3.59. The van der Waals surface area contributed by atoms with Gasteiger partial charge in [0.05, 0.1) is 5.92 Å². The first-order chi connectivity index (χ1) is 9.08. The summed E-state index contributed by atoms with van der Waals surface area (Å²) < 4.78 is 0. The number of carbonyl (C=O) groups is 2. The maximum atomic E-state index is 12.2. The highest BCUT2D eigenvalue weighted by Crippen LogP contribution is 2.36. The fraction of sp³-hybridized carbons (Fsp3) is 0.250. The van der Waals surface area contributed by atoms with Crippen molar-refractivity contribution in [2.75, 3.05) is 4.90 Å². The normalized spacial score (nSPS) is 21.7. The van der Waals surface area contributed by atoms with Gasteiger partial charge in [0.25, 0.3) is 5.91 Å². The first-order valence-corrected chi connectivity index (χ1v) is 6.41. The lowest BCUT2D eigenvalue weighted by atomic mass is 9.96. The molecule has 3 nitrogen and oxygen atoms in total. The van der Waals surface area contributed by atoms with Gasteiger partial charge in [0.1, 0.15) is 0 Å². The van der Waals surface area contributed by atoms with Gasteiger partial charge in [0.2, 0.25) is 5.78 Å². The molecular weight excluding hydrogens is 238 g/mol. The molecule has 0 N–H and O–H groups in total. The van der Waals surface area contributed by atoms with Crippen molar-refractivity contribution in [3.05, 3.63) is 53.3 Å². The van der Waals surface area contributed by atoms with Crippen LogP contribution >= 0.6 is 0 Å². The van der Waals surface area contributed by atoms with E-state index in [1.807, 2.05) is 44.2 Å². The minimum atomic E-state index is -0.412. The summed E-state index contributed by atoms with van der Waals surface area (Å²) >= 11 is 0. The number of nitrogens with zero attached hydrogens (tertiary/aromatic N) is 1. The minimum Gasteiger partial charge on any atom is -0.288 e. The minimum absolute atomic E-state index is 0.293. The summed E-state index contributed by atoms with van der Waals surface area (Å²) in [6.07, 6.45) is 6.34. The number of ketones is 1. The van der Waals surface area contributed by atoms with Crippen LogP contribution in [0.5, 0.6) is 0 Å². The molecule has 0 radical (unpaired) electrons. The number of aryl methyl sites for hydroxylation is 2. The van der Waals surface area contributed by atoms with Crippen LogP contribution in [0.4, 0.5) is 5.69 Å². The second kappa shape index (κ2) is 4.19. The number of anilines is 1. The van der Waals surface area contributed by atoms with Crippen LogP contribution in [-0.2, 0) is 9.59 Å². The number of Topliss-reactive ketones (excluding diaryl/α,β-unsaturated/α-hetero) is 1. The number of amides is 1. The van der Waals surface area contributed by atoms with Crippen molar-refractivity contribution in [2.24, 2.45) is 5.92 Å². The van der Waals surface area contributed by atoms with Crippen molar-refractivity contribution in [1.29, 1.82) is 0 Å². The maximum Gasteiger partial charge on any atom is 0.299 e. The van der Waals surface area contributed by atoms with E-state index in [0.717, 1.165) is 22.5 Å². The Morgan fingerprint density at radius 1 is 1.11 bits per heavy atom. The molecule has 19 heavy (non-hydrogen) atoms. The molecule has 3 rings (SSSR count). The molecule has 1 saturated heterocycles. The Balaban J connectivity index is 2.12. The third kappa shape index (κ3) is 1.82. The standard InChI is InChI=1S/C16H15NO2/c1-10-7-11(2)9-12(8-10)17-14-6-4-3-5-13(14)15(18)16(17)19/h3-4,6-9,13H,5H2,1-2H3. The van der Waals surface area contributed by atoms with Gasteiger partial charge in [-0.2, -0.15) is 0 Å². The Bertz CT molecular complexity index is 620. The number of hydrogen-bond acceptors (Lipinski definition) is 2. The summed E-state index contributed by atoms with van der Waals surface area (Å²) in [4.78, 5) is 25.8. The van der Waals surface area contributed by atoms with E-state index in [0.29, 0.717) is 6.42 Å². The molecule has 1 heterocycles. The average molecular weight is 253 g/mol. The number of fused-ring (bicyclic) bond motifs is 1. The van der Waals surface area contributed by atoms with Crippen molar-refractivity contribution in [1.82, 2.24) is 0 Å². The third-order valence-electron chi connectivity index (χ3n) is 3.59. The number of hydrogen-bond donors (Lipinski definition) is 0. The summed E-state index contributed by atoms with van der Waals surface area (Å²) in [7, 11) is 0. The Hall–Kier alpha value is -2.16. The van der Waals surface area contributed by atoms with Gasteiger partial charge in [-0.15, -0.1) is 0 Å². The molecular formula is C16H15NO2. The van der Waals surface area contributed by atoms with Gasteiger partial charge in [0.15, 0.2) is 0 Å². The molecule has 96 valence electrons. The topological polar surface area (TPSA) is 37.4 Å². The van der Waals surface area contributed by atoms with E-state index in [2.05, 4.69) is 6.07 Å². The van der Waals surface area contributed by atoms with Gasteiger partial charge >= 0.3 is 0 Å². The van der Waals surface area contributed by atoms with Crippen LogP contribution in [0.1, 0.15) is 17.5 Å². The predicted molar refractivity (Wildman–Crippen MR) is 73.7 cm³/mol. The highest BCUT2D eigenvalue weighted by atomic mass is 16.2.